The van der Waals surface area contributed by atoms with Gasteiger partial charge in [0, 0.05) is 6.04 Å². The highest BCUT2D eigenvalue weighted by atomic mass is 16.5. The van der Waals surface area contributed by atoms with Gasteiger partial charge in [-0.25, -0.2) is 0 Å². The number of methoxy groups -OCH3 is 1. The standard InChI is InChI=1S/C11H24N2O2/c1-7-13(5)9(2)8-11(3,12-4)10(14)15-6/h9,12H,7-8H2,1-6H3. The molecule has 0 spiro atoms. The molecule has 4 nitrogen and oxygen atoms in total. The van der Waals surface area contributed by atoms with Gasteiger partial charge in [-0.15, -0.1) is 0 Å². The summed E-state index contributed by atoms with van der Waals surface area (Å²) in [5.41, 5.74) is -0.600. The molecule has 0 saturated heterocycles. The van der Waals surface area contributed by atoms with Crippen LogP contribution in [-0.2, 0) is 9.53 Å². The van der Waals surface area contributed by atoms with E-state index in [0.717, 1.165) is 13.0 Å². The van der Waals surface area contributed by atoms with Gasteiger partial charge in [-0.1, -0.05) is 6.92 Å². The fraction of sp³-hybridized carbons (Fsp3) is 0.909. The van der Waals surface area contributed by atoms with Crippen LogP contribution in [-0.4, -0.2) is 50.2 Å². The summed E-state index contributed by atoms with van der Waals surface area (Å²) < 4.78 is 4.80. The van der Waals surface area contributed by atoms with Crippen molar-refractivity contribution in [2.75, 3.05) is 27.7 Å². The minimum Gasteiger partial charge on any atom is -0.468 e. The molecule has 0 aliphatic rings. The molecule has 2 unspecified atom stereocenters. The van der Waals surface area contributed by atoms with Crippen LogP contribution in [0.1, 0.15) is 27.2 Å². The number of ether oxygens (including phenoxy) is 1. The Labute approximate surface area is 93.0 Å². The van der Waals surface area contributed by atoms with E-state index in [-0.39, 0.29) is 5.97 Å². The Morgan fingerprint density at radius 1 is 1.60 bits per heavy atom. The van der Waals surface area contributed by atoms with Gasteiger partial charge in [0.15, 0.2) is 0 Å². The average molecular weight is 216 g/mol. The van der Waals surface area contributed by atoms with Crippen molar-refractivity contribution in [3.05, 3.63) is 0 Å². The fourth-order valence-corrected chi connectivity index (χ4v) is 1.57. The first-order valence-corrected chi connectivity index (χ1v) is 5.38. The largest absolute Gasteiger partial charge is 0.468 e. The van der Waals surface area contributed by atoms with E-state index in [1.165, 1.54) is 7.11 Å². The predicted octanol–water partition coefficient (Wildman–Crippen LogP) is 0.868. The summed E-state index contributed by atoms with van der Waals surface area (Å²) in [6.45, 7) is 7.06. The molecule has 4 heteroatoms. The van der Waals surface area contributed by atoms with Gasteiger partial charge in [0.25, 0.3) is 0 Å². The molecule has 15 heavy (non-hydrogen) atoms. The average Bonchev–Trinajstić information content (AvgIpc) is 2.26. The van der Waals surface area contributed by atoms with E-state index in [2.05, 4.69) is 31.1 Å². The number of carbonyl (C=O) groups is 1. The second-order valence-corrected chi connectivity index (χ2v) is 4.20. The summed E-state index contributed by atoms with van der Waals surface area (Å²) in [6, 6.07) is 0.339. The second kappa shape index (κ2) is 6.08. The third kappa shape index (κ3) is 3.80. The van der Waals surface area contributed by atoms with Gasteiger partial charge in [-0.3, -0.25) is 4.79 Å². The van der Waals surface area contributed by atoms with E-state index >= 15 is 0 Å². The third-order valence-electron chi connectivity index (χ3n) is 3.14. The van der Waals surface area contributed by atoms with Crippen molar-refractivity contribution in [3.63, 3.8) is 0 Å². The first-order valence-electron chi connectivity index (χ1n) is 5.38. The van der Waals surface area contributed by atoms with Crippen LogP contribution in [0.15, 0.2) is 0 Å². The van der Waals surface area contributed by atoms with Gasteiger partial charge >= 0.3 is 5.97 Å². The minimum absolute atomic E-state index is 0.207. The highest BCUT2D eigenvalue weighted by Crippen LogP contribution is 2.16. The topological polar surface area (TPSA) is 41.6 Å². The van der Waals surface area contributed by atoms with Gasteiger partial charge in [0.05, 0.1) is 7.11 Å². The maximum absolute atomic E-state index is 11.6. The molecular weight excluding hydrogens is 192 g/mol. The highest BCUT2D eigenvalue weighted by Gasteiger charge is 2.34. The number of esters is 1. The molecule has 90 valence electrons. The van der Waals surface area contributed by atoms with Crippen LogP contribution >= 0.6 is 0 Å². The Morgan fingerprint density at radius 2 is 2.13 bits per heavy atom. The van der Waals surface area contributed by atoms with Crippen LogP contribution in [0.4, 0.5) is 0 Å². The van der Waals surface area contributed by atoms with E-state index in [0.29, 0.717) is 6.04 Å². The van der Waals surface area contributed by atoms with Crippen LogP contribution < -0.4 is 5.32 Å². The summed E-state index contributed by atoms with van der Waals surface area (Å²) >= 11 is 0. The van der Waals surface area contributed by atoms with Crippen molar-refractivity contribution >= 4 is 5.97 Å². The summed E-state index contributed by atoms with van der Waals surface area (Å²) in [5, 5.41) is 3.04. The molecular formula is C11H24N2O2. The zero-order chi connectivity index (χ0) is 12.1. The predicted molar refractivity (Wildman–Crippen MR) is 61.9 cm³/mol. The minimum atomic E-state index is -0.600. The molecule has 0 aliphatic heterocycles. The number of hydrogen-bond acceptors (Lipinski definition) is 4. The van der Waals surface area contributed by atoms with Gasteiger partial charge in [0.1, 0.15) is 5.54 Å². The van der Waals surface area contributed by atoms with Crippen LogP contribution in [0.2, 0.25) is 0 Å². The normalized spacial score (nSPS) is 17.3. The Balaban J connectivity index is 4.50. The number of carbonyl (C=O) groups excluding carboxylic acids is 1. The molecule has 0 aromatic carbocycles. The van der Waals surface area contributed by atoms with Crippen molar-refractivity contribution in [2.24, 2.45) is 0 Å². The van der Waals surface area contributed by atoms with E-state index < -0.39 is 5.54 Å². The number of rotatable bonds is 6. The Morgan fingerprint density at radius 3 is 2.47 bits per heavy atom. The van der Waals surface area contributed by atoms with Crippen LogP contribution in [0.3, 0.4) is 0 Å². The summed E-state index contributed by atoms with van der Waals surface area (Å²) in [4.78, 5) is 13.8. The molecule has 0 heterocycles. The lowest BCUT2D eigenvalue weighted by Gasteiger charge is -2.32. The summed E-state index contributed by atoms with van der Waals surface area (Å²) in [5.74, 6) is -0.207. The van der Waals surface area contributed by atoms with Crippen LogP contribution in [0.5, 0.6) is 0 Å². The lowest BCUT2D eigenvalue weighted by molar-refractivity contribution is -0.148. The monoisotopic (exact) mass is 216 g/mol. The van der Waals surface area contributed by atoms with Crippen LogP contribution in [0.25, 0.3) is 0 Å². The molecule has 0 rings (SSSR count). The molecule has 0 saturated carbocycles. The summed E-state index contributed by atoms with van der Waals surface area (Å²) in [7, 11) is 5.26. The lowest BCUT2D eigenvalue weighted by atomic mass is 9.93. The highest BCUT2D eigenvalue weighted by molar-refractivity contribution is 5.80. The maximum Gasteiger partial charge on any atom is 0.325 e. The molecule has 0 aliphatic carbocycles. The molecule has 0 aromatic heterocycles. The van der Waals surface area contributed by atoms with Crippen molar-refractivity contribution in [2.45, 2.75) is 38.8 Å². The SMILES string of the molecule is CCN(C)C(C)CC(C)(NC)C(=O)OC. The Kier molecular flexibility index (Phi) is 5.83. The maximum atomic E-state index is 11.6. The van der Waals surface area contributed by atoms with E-state index in [1.54, 1.807) is 7.05 Å². The molecule has 0 bridgehead atoms. The summed E-state index contributed by atoms with van der Waals surface area (Å²) in [6.07, 6.45) is 0.737. The quantitative estimate of drug-likeness (QED) is 0.669. The van der Waals surface area contributed by atoms with E-state index in [4.69, 9.17) is 4.74 Å². The first kappa shape index (κ1) is 14.4. The van der Waals surface area contributed by atoms with Gasteiger partial charge < -0.3 is 15.0 Å². The first-order chi connectivity index (χ1) is 6.91. The van der Waals surface area contributed by atoms with E-state index in [9.17, 15) is 4.79 Å². The van der Waals surface area contributed by atoms with Crippen LogP contribution in [0, 0.1) is 0 Å². The smallest absolute Gasteiger partial charge is 0.325 e. The zero-order valence-electron chi connectivity index (χ0n) is 10.8. The molecule has 0 fully saturated rings. The molecule has 0 aromatic rings. The van der Waals surface area contributed by atoms with Gasteiger partial charge in [-0.2, -0.15) is 0 Å². The number of hydrogen-bond donors (Lipinski definition) is 1. The molecule has 1 N–H and O–H groups in total. The van der Waals surface area contributed by atoms with E-state index in [1.807, 2.05) is 6.92 Å². The Bertz CT molecular complexity index is 209. The van der Waals surface area contributed by atoms with Gasteiger partial charge in [-0.05, 0) is 40.9 Å². The van der Waals surface area contributed by atoms with Gasteiger partial charge in [0.2, 0.25) is 0 Å². The third-order valence-corrected chi connectivity index (χ3v) is 3.14. The Hall–Kier alpha value is -0.610. The number of nitrogens with zero attached hydrogens (tertiary/aromatic N) is 1. The molecule has 2 atom stereocenters. The molecule has 0 radical (unpaired) electrons. The van der Waals surface area contributed by atoms with Crippen molar-refractivity contribution < 1.29 is 9.53 Å². The van der Waals surface area contributed by atoms with Crippen molar-refractivity contribution in [1.29, 1.82) is 0 Å². The fourth-order valence-electron chi connectivity index (χ4n) is 1.57. The number of nitrogens with one attached hydrogen (secondary N) is 1. The van der Waals surface area contributed by atoms with Crippen molar-refractivity contribution in [3.8, 4) is 0 Å². The van der Waals surface area contributed by atoms with Crippen molar-refractivity contribution in [1.82, 2.24) is 10.2 Å². The lowest BCUT2D eigenvalue weighted by Crippen LogP contribution is -2.52. The molecule has 0 amide bonds. The number of likely N-dealkylation sites (N-methyl/N-ethyl adjacent to an activating group) is 1. The second-order valence-electron chi connectivity index (χ2n) is 4.20. The zero-order valence-corrected chi connectivity index (χ0v) is 10.8.